The minimum absolute atomic E-state index is 0.0241. The number of anilines is 1. The monoisotopic (exact) mass is 303 g/mol. The first-order chi connectivity index (χ1) is 10.2. The van der Waals surface area contributed by atoms with Gasteiger partial charge in [-0.25, -0.2) is 0 Å². The molecular formula is C17H18ClNO2. The Balaban J connectivity index is 2.01. The maximum absolute atomic E-state index is 10.1. The molecule has 110 valence electrons. The van der Waals surface area contributed by atoms with Crippen LogP contribution in [0.15, 0.2) is 42.5 Å². The van der Waals surface area contributed by atoms with E-state index in [4.69, 9.17) is 16.3 Å². The van der Waals surface area contributed by atoms with Gasteiger partial charge < -0.3 is 15.2 Å². The highest BCUT2D eigenvalue weighted by molar-refractivity contribution is 6.31. The third-order valence-electron chi connectivity index (χ3n) is 3.84. The molecule has 0 saturated carbocycles. The van der Waals surface area contributed by atoms with Gasteiger partial charge in [-0.2, -0.15) is 0 Å². The Morgan fingerprint density at radius 1 is 1.19 bits per heavy atom. The molecule has 0 aliphatic carbocycles. The molecule has 3 nitrogen and oxygen atoms in total. The predicted octanol–water partition coefficient (Wildman–Crippen LogP) is 4.68. The van der Waals surface area contributed by atoms with Gasteiger partial charge in [-0.15, -0.1) is 0 Å². The van der Waals surface area contributed by atoms with Crippen molar-refractivity contribution in [3.05, 3.63) is 58.6 Å². The lowest BCUT2D eigenvalue weighted by molar-refractivity contribution is 0.0497. The number of fused-ring (bicyclic) bond motifs is 1. The second-order valence-electron chi connectivity index (χ2n) is 5.14. The van der Waals surface area contributed by atoms with E-state index in [1.807, 2.05) is 43.3 Å². The van der Waals surface area contributed by atoms with Crippen LogP contribution in [0.1, 0.15) is 36.6 Å². The Hall–Kier alpha value is -1.71. The minimum atomic E-state index is -0.0420. The van der Waals surface area contributed by atoms with E-state index in [-0.39, 0.29) is 17.9 Å². The molecular weight excluding hydrogens is 286 g/mol. The molecule has 1 heterocycles. The largest absolute Gasteiger partial charge is 0.506 e. The average Bonchev–Trinajstić information content (AvgIpc) is 2.49. The summed E-state index contributed by atoms with van der Waals surface area (Å²) in [5, 5.41) is 14.2. The first-order valence-electron chi connectivity index (χ1n) is 7.15. The van der Waals surface area contributed by atoms with Gasteiger partial charge in [-0.1, -0.05) is 41.9 Å². The number of halogens is 1. The van der Waals surface area contributed by atoms with Crippen molar-refractivity contribution in [1.29, 1.82) is 0 Å². The topological polar surface area (TPSA) is 41.5 Å². The summed E-state index contributed by atoms with van der Waals surface area (Å²) in [5.74, 6) is 0.244. The van der Waals surface area contributed by atoms with E-state index in [0.717, 1.165) is 28.3 Å². The van der Waals surface area contributed by atoms with Crippen LogP contribution in [0.5, 0.6) is 5.75 Å². The molecule has 0 bridgehead atoms. The lowest BCUT2D eigenvalue weighted by atomic mass is 9.90. The maximum Gasteiger partial charge on any atom is 0.139 e. The molecule has 4 heteroatoms. The normalized spacial score (nSPS) is 20.7. The zero-order valence-corrected chi connectivity index (χ0v) is 12.6. The van der Waals surface area contributed by atoms with E-state index < -0.39 is 0 Å². The highest BCUT2D eigenvalue weighted by Crippen LogP contribution is 2.45. The van der Waals surface area contributed by atoms with E-state index in [0.29, 0.717) is 6.61 Å². The van der Waals surface area contributed by atoms with Gasteiger partial charge in [-0.3, -0.25) is 0 Å². The van der Waals surface area contributed by atoms with Crippen LogP contribution in [0.4, 0.5) is 5.69 Å². The summed E-state index contributed by atoms with van der Waals surface area (Å²) in [5.41, 5.74) is 2.77. The van der Waals surface area contributed by atoms with Gasteiger partial charge in [0.1, 0.15) is 5.75 Å². The van der Waals surface area contributed by atoms with E-state index in [1.165, 1.54) is 0 Å². The van der Waals surface area contributed by atoms with Crippen molar-refractivity contribution in [2.75, 3.05) is 11.9 Å². The van der Waals surface area contributed by atoms with Crippen molar-refractivity contribution in [3.8, 4) is 5.75 Å². The number of para-hydroxylation sites is 1. The zero-order valence-electron chi connectivity index (χ0n) is 11.8. The number of hydrogen-bond acceptors (Lipinski definition) is 3. The molecule has 0 unspecified atom stereocenters. The van der Waals surface area contributed by atoms with Gasteiger partial charge in [-0.05, 0) is 24.6 Å². The number of phenols is 1. The van der Waals surface area contributed by atoms with Crippen molar-refractivity contribution >= 4 is 17.3 Å². The number of aromatic hydroxyl groups is 1. The van der Waals surface area contributed by atoms with Crippen LogP contribution in [-0.4, -0.2) is 11.7 Å². The Morgan fingerprint density at radius 3 is 2.71 bits per heavy atom. The van der Waals surface area contributed by atoms with E-state index >= 15 is 0 Å². The molecule has 2 aromatic carbocycles. The van der Waals surface area contributed by atoms with Gasteiger partial charge in [0.05, 0.1) is 17.8 Å². The van der Waals surface area contributed by atoms with Crippen LogP contribution in [0, 0.1) is 0 Å². The number of ether oxygens (including phenoxy) is 1. The molecule has 0 fully saturated rings. The van der Waals surface area contributed by atoms with E-state index in [9.17, 15) is 5.11 Å². The lowest BCUT2D eigenvalue weighted by Gasteiger charge is -2.34. The van der Waals surface area contributed by atoms with Crippen molar-refractivity contribution < 1.29 is 9.84 Å². The summed E-state index contributed by atoms with van der Waals surface area (Å²) in [4.78, 5) is 0. The molecule has 21 heavy (non-hydrogen) atoms. The Kier molecular flexibility index (Phi) is 4.04. The highest BCUT2D eigenvalue weighted by Gasteiger charge is 2.30. The summed E-state index contributed by atoms with van der Waals surface area (Å²) in [6.07, 6.45) is 0.744. The van der Waals surface area contributed by atoms with E-state index in [1.54, 1.807) is 6.07 Å². The fourth-order valence-electron chi connectivity index (χ4n) is 2.88. The summed E-state index contributed by atoms with van der Waals surface area (Å²) < 4.78 is 5.86. The maximum atomic E-state index is 10.1. The molecule has 0 amide bonds. The molecule has 2 aromatic rings. The predicted molar refractivity (Wildman–Crippen MR) is 84.9 cm³/mol. The molecule has 2 N–H and O–H groups in total. The van der Waals surface area contributed by atoms with Crippen molar-refractivity contribution in [2.45, 2.75) is 25.5 Å². The standard InChI is InChI=1S/C17H18ClNO2/c1-2-21-16-10-14(11-6-3-4-8-13(11)18)19-17-12(16)7-5-9-15(17)20/h3-9,14,16,19-20H,2,10H2,1H3/t14-,16-/m1/s1. The number of rotatable bonds is 3. The molecule has 3 rings (SSSR count). The quantitative estimate of drug-likeness (QED) is 0.809. The van der Waals surface area contributed by atoms with Gasteiger partial charge in [0, 0.05) is 23.6 Å². The van der Waals surface area contributed by atoms with Crippen molar-refractivity contribution in [1.82, 2.24) is 0 Å². The third-order valence-corrected chi connectivity index (χ3v) is 4.18. The third kappa shape index (κ3) is 2.71. The second-order valence-corrected chi connectivity index (χ2v) is 5.55. The minimum Gasteiger partial charge on any atom is -0.506 e. The second kappa shape index (κ2) is 5.96. The Bertz CT molecular complexity index is 644. The zero-order chi connectivity index (χ0) is 14.8. The van der Waals surface area contributed by atoms with Crippen LogP contribution in [0.25, 0.3) is 0 Å². The van der Waals surface area contributed by atoms with Gasteiger partial charge >= 0.3 is 0 Å². The summed E-state index contributed by atoms with van der Waals surface area (Å²) in [6.45, 7) is 2.62. The fourth-order valence-corrected chi connectivity index (χ4v) is 3.15. The molecule has 0 saturated heterocycles. The van der Waals surface area contributed by atoms with Gasteiger partial charge in [0.15, 0.2) is 0 Å². The fraction of sp³-hybridized carbons (Fsp3) is 0.294. The molecule has 1 aliphatic heterocycles. The van der Waals surface area contributed by atoms with Crippen LogP contribution < -0.4 is 5.32 Å². The number of benzene rings is 2. The van der Waals surface area contributed by atoms with Gasteiger partial charge in [0.2, 0.25) is 0 Å². The Labute approximate surface area is 129 Å². The van der Waals surface area contributed by atoms with Crippen LogP contribution in [-0.2, 0) is 4.74 Å². The van der Waals surface area contributed by atoms with Crippen LogP contribution in [0.2, 0.25) is 5.02 Å². The number of phenolic OH excluding ortho intramolecular Hbond substituents is 1. The highest BCUT2D eigenvalue weighted by atomic mass is 35.5. The molecule has 0 aromatic heterocycles. The van der Waals surface area contributed by atoms with Gasteiger partial charge in [0.25, 0.3) is 0 Å². The van der Waals surface area contributed by atoms with Crippen LogP contribution in [0.3, 0.4) is 0 Å². The van der Waals surface area contributed by atoms with Crippen LogP contribution >= 0.6 is 11.6 Å². The Morgan fingerprint density at radius 2 is 1.95 bits per heavy atom. The average molecular weight is 304 g/mol. The number of nitrogens with one attached hydrogen (secondary N) is 1. The number of hydrogen-bond donors (Lipinski definition) is 2. The summed E-state index contributed by atoms with van der Waals surface area (Å²) in [7, 11) is 0. The first-order valence-corrected chi connectivity index (χ1v) is 7.53. The molecule has 0 radical (unpaired) electrons. The van der Waals surface area contributed by atoms with Crippen molar-refractivity contribution in [2.24, 2.45) is 0 Å². The smallest absolute Gasteiger partial charge is 0.139 e. The first kappa shape index (κ1) is 14.2. The lowest BCUT2D eigenvalue weighted by Crippen LogP contribution is -2.23. The molecule has 2 atom stereocenters. The SMILES string of the molecule is CCO[C@@H]1C[C@H](c2ccccc2Cl)Nc2c(O)cccc21. The molecule has 1 aliphatic rings. The molecule has 0 spiro atoms. The van der Waals surface area contributed by atoms with Crippen molar-refractivity contribution in [3.63, 3.8) is 0 Å². The summed E-state index contributed by atoms with van der Waals surface area (Å²) in [6, 6.07) is 13.3. The van der Waals surface area contributed by atoms with E-state index in [2.05, 4.69) is 5.32 Å². The summed E-state index contributed by atoms with van der Waals surface area (Å²) >= 11 is 6.31.